The van der Waals surface area contributed by atoms with Crippen molar-refractivity contribution in [1.82, 2.24) is 15.3 Å². The Bertz CT molecular complexity index is 644. The zero-order chi connectivity index (χ0) is 15.4. The summed E-state index contributed by atoms with van der Waals surface area (Å²) in [5.74, 6) is 0. The number of nitro groups is 1. The topological polar surface area (TPSA) is 81.0 Å². The van der Waals surface area contributed by atoms with Crippen LogP contribution in [0.5, 0.6) is 0 Å². The van der Waals surface area contributed by atoms with Gasteiger partial charge in [-0.25, -0.2) is 0 Å². The summed E-state index contributed by atoms with van der Waals surface area (Å²) in [6, 6.07) is 5.79. The minimum atomic E-state index is -0.349. The van der Waals surface area contributed by atoms with Gasteiger partial charge in [0.05, 0.1) is 16.3 Å². The van der Waals surface area contributed by atoms with Crippen molar-refractivity contribution in [3.63, 3.8) is 0 Å². The first kappa shape index (κ1) is 15.1. The largest absolute Gasteiger partial charge is 0.303 e. The third-order valence-corrected chi connectivity index (χ3v) is 3.47. The van der Waals surface area contributed by atoms with Crippen LogP contribution in [-0.2, 0) is 6.54 Å². The summed E-state index contributed by atoms with van der Waals surface area (Å²) in [6.07, 6.45) is 3.29. The first-order valence-corrected chi connectivity index (χ1v) is 6.74. The Labute approximate surface area is 123 Å². The van der Waals surface area contributed by atoms with Crippen LogP contribution in [-0.4, -0.2) is 14.9 Å². The van der Waals surface area contributed by atoms with E-state index in [1.807, 2.05) is 25.1 Å². The van der Waals surface area contributed by atoms with Crippen molar-refractivity contribution >= 4 is 5.69 Å². The molecule has 0 bridgehead atoms. The lowest BCUT2D eigenvalue weighted by Gasteiger charge is -2.14. The lowest BCUT2D eigenvalue weighted by Crippen LogP contribution is -2.20. The fraction of sp³-hybridized carbons (Fsp3) is 0.333. The molecule has 2 aromatic rings. The highest BCUT2D eigenvalue weighted by molar-refractivity contribution is 5.47. The van der Waals surface area contributed by atoms with Gasteiger partial charge in [0.15, 0.2) is 0 Å². The molecule has 0 spiro atoms. The molecule has 6 nitrogen and oxygen atoms in total. The first-order valence-electron chi connectivity index (χ1n) is 6.74. The third kappa shape index (κ3) is 3.41. The van der Waals surface area contributed by atoms with Gasteiger partial charge in [0.25, 0.3) is 5.69 Å². The maximum Gasteiger partial charge on any atom is 0.278 e. The molecule has 1 atom stereocenters. The maximum absolute atomic E-state index is 11.1. The van der Waals surface area contributed by atoms with E-state index in [4.69, 9.17) is 0 Å². The third-order valence-electron chi connectivity index (χ3n) is 3.47. The summed E-state index contributed by atoms with van der Waals surface area (Å²) < 4.78 is 0. The molecule has 2 heterocycles. The number of hydrogen-bond acceptors (Lipinski definition) is 5. The van der Waals surface area contributed by atoms with E-state index >= 15 is 0 Å². The minimum absolute atomic E-state index is 0.0489. The highest BCUT2D eigenvalue weighted by Crippen LogP contribution is 2.24. The van der Waals surface area contributed by atoms with E-state index in [0.717, 1.165) is 5.69 Å². The average molecular weight is 286 g/mol. The van der Waals surface area contributed by atoms with Gasteiger partial charge in [-0.2, -0.15) is 0 Å². The monoisotopic (exact) mass is 286 g/mol. The number of rotatable bonds is 5. The van der Waals surface area contributed by atoms with Crippen LogP contribution in [0.1, 0.15) is 35.5 Å². The summed E-state index contributed by atoms with van der Waals surface area (Å²) in [5.41, 5.74) is 2.96. The van der Waals surface area contributed by atoms with Gasteiger partial charge in [0.2, 0.25) is 0 Å². The molecule has 0 saturated carbocycles. The van der Waals surface area contributed by atoms with Crippen molar-refractivity contribution in [2.75, 3.05) is 0 Å². The van der Waals surface area contributed by atoms with Crippen molar-refractivity contribution in [3.8, 4) is 0 Å². The predicted molar refractivity (Wildman–Crippen MR) is 79.9 cm³/mol. The van der Waals surface area contributed by atoms with E-state index < -0.39 is 0 Å². The molecule has 0 aliphatic heterocycles. The van der Waals surface area contributed by atoms with Crippen molar-refractivity contribution in [2.45, 2.75) is 33.4 Å². The molecule has 2 aromatic heterocycles. The summed E-state index contributed by atoms with van der Waals surface area (Å²) in [5, 5.41) is 14.4. The number of hydrogen-bond donors (Lipinski definition) is 1. The fourth-order valence-corrected chi connectivity index (χ4v) is 2.21. The van der Waals surface area contributed by atoms with E-state index in [1.165, 1.54) is 0 Å². The molecule has 0 aliphatic carbocycles. The zero-order valence-electron chi connectivity index (χ0n) is 12.3. The second-order valence-corrected chi connectivity index (χ2v) is 4.98. The SMILES string of the molecule is Cc1cnc(CN[C@@H](C)c2ccccn2)c(C)c1[N+](=O)[O-]. The van der Waals surface area contributed by atoms with Crippen LogP contribution in [0.2, 0.25) is 0 Å². The van der Waals surface area contributed by atoms with Crippen molar-refractivity contribution in [2.24, 2.45) is 0 Å². The molecular weight excluding hydrogens is 268 g/mol. The van der Waals surface area contributed by atoms with E-state index in [0.29, 0.717) is 23.4 Å². The molecule has 0 aliphatic rings. The molecule has 0 aromatic carbocycles. The standard InChI is InChI=1S/C15H18N4O2/c1-10-8-18-14(11(2)15(10)19(20)21)9-17-12(3)13-6-4-5-7-16-13/h4-8,12,17H,9H2,1-3H3/t12-/m0/s1. The fourth-order valence-electron chi connectivity index (χ4n) is 2.21. The minimum Gasteiger partial charge on any atom is -0.303 e. The van der Waals surface area contributed by atoms with Gasteiger partial charge in [-0.15, -0.1) is 0 Å². The van der Waals surface area contributed by atoms with Crippen LogP contribution in [0.25, 0.3) is 0 Å². The number of aromatic nitrogens is 2. The van der Waals surface area contributed by atoms with Gasteiger partial charge in [0.1, 0.15) is 0 Å². The Kier molecular flexibility index (Phi) is 4.59. The highest BCUT2D eigenvalue weighted by atomic mass is 16.6. The predicted octanol–water partition coefficient (Wildman–Crippen LogP) is 2.85. The number of pyridine rings is 2. The smallest absolute Gasteiger partial charge is 0.278 e. The summed E-state index contributed by atoms with van der Waals surface area (Å²) in [4.78, 5) is 19.3. The lowest BCUT2D eigenvalue weighted by molar-refractivity contribution is -0.386. The van der Waals surface area contributed by atoms with Crippen LogP contribution in [0.3, 0.4) is 0 Å². The molecule has 0 radical (unpaired) electrons. The van der Waals surface area contributed by atoms with Crippen LogP contribution >= 0.6 is 0 Å². The number of nitrogens with zero attached hydrogens (tertiary/aromatic N) is 3. The molecule has 0 saturated heterocycles. The molecule has 21 heavy (non-hydrogen) atoms. The van der Waals surface area contributed by atoms with Crippen LogP contribution in [0, 0.1) is 24.0 Å². The number of aryl methyl sites for hydroxylation is 1. The Hall–Kier alpha value is -2.34. The molecule has 0 amide bonds. The van der Waals surface area contributed by atoms with Gasteiger partial charge in [0, 0.05) is 36.1 Å². The normalized spacial score (nSPS) is 12.1. The molecule has 110 valence electrons. The van der Waals surface area contributed by atoms with Gasteiger partial charge in [-0.05, 0) is 32.9 Å². The molecule has 0 fully saturated rings. The quantitative estimate of drug-likeness (QED) is 0.675. The van der Waals surface area contributed by atoms with E-state index in [2.05, 4.69) is 15.3 Å². The summed E-state index contributed by atoms with van der Waals surface area (Å²) >= 11 is 0. The van der Waals surface area contributed by atoms with Gasteiger partial charge in [-0.3, -0.25) is 20.1 Å². The van der Waals surface area contributed by atoms with Crippen LogP contribution in [0.4, 0.5) is 5.69 Å². The molecule has 2 rings (SSSR count). The van der Waals surface area contributed by atoms with E-state index in [9.17, 15) is 10.1 Å². The van der Waals surface area contributed by atoms with Crippen LogP contribution in [0.15, 0.2) is 30.6 Å². The Morgan fingerprint density at radius 2 is 2.10 bits per heavy atom. The average Bonchev–Trinajstić information content (AvgIpc) is 2.46. The molecule has 6 heteroatoms. The first-order chi connectivity index (χ1) is 10.0. The van der Waals surface area contributed by atoms with Crippen molar-refractivity contribution in [3.05, 3.63) is 63.2 Å². The Morgan fingerprint density at radius 1 is 1.33 bits per heavy atom. The van der Waals surface area contributed by atoms with Crippen LogP contribution < -0.4 is 5.32 Å². The highest BCUT2D eigenvalue weighted by Gasteiger charge is 2.19. The lowest BCUT2D eigenvalue weighted by atomic mass is 10.1. The maximum atomic E-state index is 11.1. The zero-order valence-corrected chi connectivity index (χ0v) is 12.3. The molecule has 0 unspecified atom stereocenters. The van der Waals surface area contributed by atoms with Gasteiger partial charge in [-0.1, -0.05) is 6.07 Å². The second-order valence-electron chi connectivity index (χ2n) is 4.98. The van der Waals surface area contributed by atoms with Gasteiger partial charge < -0.3 is 5.32 Å². The van der Waals surface area contributed by atoms with E-state index in [1.54, 1.807) is 26.2 Å². The van der Waals surface area contributed by atoms with Crippen molar-refractivity contribution < 1.29 is 4.92 Å². The van der Waals surface area contributed by atoms with Crippen molar-refractivity contribution in [1.29, 1.82) is 0 Å². The Balaban J connectivity index is 2.14. The van der Waals surface area contributed by atoms with Gasteiger partial charge >= 0.3 is 0 Å². The van der Waals surface area contributed by atoms with E-state index in [-0.39, 0.29) is 16.7 Å². The summed E-state index contributed by atoms with van der Waals surface area (Å²) in [7, 11) is 0. The Morgan fingerprint density at radius 3 is 2.71 bits per heavy atom. The molecule has 1 N–H and O–H groups in total. The second kappa shape index (κ2) is 6.41. The molecular formula is C15H18N4O2. The number of nitrogens with one attached hydrogen (secondary N) is 1. The summed E-state index contributed by atoms with van der Waals surface area (Å²) in [6.45, 7) is 5.90.